The molecule has 0 saturated heterocycles. The van der Waals surface area contributed by atoms with E-state index in [1.807, 2.05) is 0 Å². The summed E-state index contributed by atoms with van der Waals surface area (Å²) in [5.74, 6) is 0.874. The summed E-state index contributed by atoms with van der Waals surface area (Å²) in [6.45, 7) is 10.6. The highest BCUT2D eigenvalue weighted by Crippen LogP contribution is 2.25. The number of carbonyl (C=O) groups is 1. The molecule has 0 aliphatic heterocycles. The van der Waals surface area contributed by atoms with E-state index < -0.39 is 6.09 Å². The Balaban J connectivity index is 4.28. The lowest BCUT2D eigenvalue weighted by Crippen LogP contribution is -2.36. The van der Waals surface area contributed by atoms with Crippen LogP contribution in [0.2, 0.25) is 0 Å². The summed E-state index contributed by atoms with van der Waals surface area (Å²) in [5, 5.41) is 2.87. The fraction of sp³-hybridized carbons (Fsp3) is 0.667. The van der Waals surface area contributed by atoms with Gasteiger partial charge < -0.3 is 15.8 Å². The quantitative estimate of drug-likeness (QED) is 0.557. The van der Waals surface area contributed by atoms with Crippen LogP contribution in [0.25, 0.3) is 0 Å². The Morgan fingerprint density at radius 1 is 1.56 bits per heavy atom. The van der Waals surface area contributed by atoms with E-state index in [2.05, 4.69) is 32.7 Å². The lowest BCUT2D eigenvalue weighted by molar-refractivity contribution is 0.157. The van der Waals surface area contributed by atoms with Crippen LogP contribution in [0.4, 0.5) is 4.79 Å². The standard InChI is InChI=1S/C12H22N2O2S2/c1-5-6-16-12(15)14-7-10(18-11(13)17)9(4)8(2)3/h5,8-10H,1,6-7H2,2-4H3,(H2,13,17)(H,14,15)/t9-,10?/m1/s1. The molecule has 0 radical (unpaired) electrons. The summed E-state index contributed by atoms with van der Waals surface area (Å²) in [5.41, 5.74) is 5.56. The Kier molecular flexibility index (Phi) is 8.83. The first-order valence-electron chi connectivity index (χ1n) is 5.86. The van der Waals surface area contributed by atoms with Crippen molar-refractivity contribution in [2.75, 3.05) is 13.2 Å². The fourth-order valence-electron chi connectivity index (χ4n) is 1.28. The number of ether oxygens (including phenoxy) is 1. The number of amides is 1. The van der Waals surface area contributed by atoms with Gasteiger partial charge >= 0.3 is 6.09 Å². The van der Waals surface area contributed by atoms with E-state index in [9.17, 15) is 4.79 Å². The maximum Gasteiger partial charge on any atom is 0.407 e. The van der Waals surface area contributed by atoms with Gasteiger partial charge in [-0.25, -0.2) is 4.79 Å². The van der Waals surface area contributed by atoms with Crippen LogP contribution in [0, 0.1) is 11.8 Å². The number of thioether (sulfide) groups is 1. The fourth-order valence-corrected chi connectivity index (χ4v) is 2.65. The molecule has 0 bridgehead atoms. The highest BCUT2D eigenvalue weighted by Gasteiger charge is 2.22. The van der Waals surface area contributed by atoms with Crippen molar-refractivity contribution in [1.82, 2.24) is 5.32 Å². The molecule has 0 aromatic carbocycles. The van der Waals surface area contributed by atoms with Crippen molar-refractivity contribution in [3.05, 3.63) is 12.7 Å². The molecule has 1 unspecified atom stereocenters. The van der Waals surface area contributed by atoms with Gasteiger partial charge in [0.1, 0.15) is 10.9 Å². The van der Waals surface area contributed by atoms with Crippen LogP contribution in [0.5, 0.6) is 0 Å². The zero-order valence-corrected chi connectivity index (χ0v) is 12.8. The summed E-state index contributed by atoms with van der Waals surface area (Å²) < 4.78 is 5.24. The van der Waals surface area contributed by atoms with E-state index in [-0.39, 0.29) is 11.9 Å². The second-order valence-electron chi connectivity index (χ2n) is 4.35. The van der Waals surface area contributed by atoms with Gasteiger partial charge in [0.05, 0.1) is 0 Å². The van der Waals surface area contributed by atoms with Gasteiger partial charge in [0.15, 0.2) is 0 Å². The topological polar surface area (TPSA) is 64.3 Å². The predicted molar refractivity (Wildman–Crippen MR) is 81.7 cm³/mol. The number of nitrogens with two attached hydrogens (primary N) is 1. The Morgan fingerprint density at radius 3 is 2.61 bits per heavy atom. The van der Waals surface area contributed by atoms with Crippen LogP contribution >= 0.6 is 24.0 Å². The lowest BCUT2D eigenvalue weighted by atomic mass is 9.94. The van der Waals surface area contributed by atoms with Crippen molar-refractivity contribution in [3.63, 3.8) is 0 Å². The molecule has 1 amide bonds. The molecule has 0 saturated carbocycles. The minimum Gasteiger partial charge on any atom is -0.445 e. The van der Waals surface area contributed by atoms with Gasteiger partial charge in [-0.15, -0.1) is 0 Å². The van der Waals surface area contributed by atoms with Gasteiger partial charge in [0, 0.05) is 11.8 Å². The molecular weight excluding hydrogens is 268 g/mol. The smallest absolute Gasteiger partial charge is 0.407 e. The summed E-state index contributed by atoms with van der Waals surface area (Å²) >= 11 is 6.33. The zero-order chi connectivity index (χ0) is 14.1. The van der Waals surface area contributed by atoms with Crippen LogP contribution in [-0.4, -0.2) is 28.8 Å². The normalized spacial score (nSPS) is 13.8. The first-order valence-corrected chi connectivity index (χ1v) is 7.14. The van der Waals surface area contributed by atoms with E-state index in [0.717, 1.165) is 0 Å². The highest BCUT2D eigenvalue weighted by molar-refractivity contribution is 8.23. The summed E-state index contributed by atoms with van der Waals surface area (Å²) in [7, 11) is 0. The second-order valence-corrected chi connectivity index (χ2v) is 6.33. The summed E-state index contributed by atoms with van der Waals surface area (Å²) in [6, 6.07) is 0. The first kappa shape index (κ1) is 17.2. The first-order chi connectivity index (χ1) is 8.38. The van der Waals surface area contributed by atoms with Crippen molar-refractivity contribution in [1.29, 1.82) is 0 Å². The number of hydrogen-bond acceptors (Lipinski definition) is 4. The molecule has 6 heteroatoms. The van der Waals surface area contributed by atoms with Crippen LogP contribution in [0.15, 0.2) is 12.7 Å². The molecule has 0 aliphatic carbocycles. The molecule has 3 N–H and O–H groups in total. The number of alkyl carbamates (subject to hydrolysis) is 1. The van der Waals surface area contributed by atoms with Gasteiger partial charge in [0.2, 0.25) is 0 Å². The third-order valence-electron chi connectivity index (χ3n) is 2.69. The molecule has 0 fully saturated rings. The monoisotopic (exact) mass is 290 g/mol. The van der Waals surface area contributed by atoms with Crippen molar-refractivity contribution < 1.29 is 9.53 Å². The molecular formula is C12H22N2O2S2. The van der Waals surface area contributed by atoms with Crippen molar-refractivity contribution in [2.45, 2.75) is 26.0 Å². The molecule has 2 atom stereocenters. The van der Waals surface area contributed by atoms with E-state index in [4.69, 9.17) is 22.7 Å². The molecule has 0 spiro atoms. The van der Waals surface area contributed by atoms with Crippen molar-refractivity contribution in [2.24, 2.45) is 17.6 Å². The Hall–Kier alpha value is -0.750. The van der Waals surface area contributed by atoms with Gasteiger partial charge in [-0.05, 0) is 11.8 Å². The van der Waals surface area contributed by atoms with E-state index in [1.165, 1.54) is 17.8 Å². The lowest BCUT2D eigenvalue weighted by Gasteiger charge is -2.26. The molecule has 104 valence electrons. The van der Waals surface area contributed by atoms with Crippen molar-refractivity contribution in [3.8, 4) is 0 Å². The minimum absolute atomic E-state index is 0.152. The summed E-state index contributed by atoms with van der Waals surface area (Å²) in [4.78, 5) is 11.3. The highest BCUT2D eigenvalue weighted by atomic mass is 32.2. The molecule has 4 nitrogen and oxygen atoms in total. The molecule has 0 aromatic rings. The SMILES string of the molecule is C=CCOC(=O)NCC(SC(N)=S)[C@H](C)C(C)C. The molecule has 0 aliphatic rings. The third kappa shape index (κ3) is 7.55. The maximum atomic E-state index is 11.3. The number of nitrogens with one attached hydrogen (secondary N) is 1. The predicted octanol–water partition coefficient (Wildman–Crippen LogP) is 2.54. The maximum absolute atomic E-state index is 11.3. The Bertz CT molecular complexity index is 296. The van der Waals surface area contributed by atoms with Gasteiger partial charge in [-0.3, -0.25) is 0 Å². The largest absolute Gasteiger partial charge is 0.445 e. The van der Waals surface area contributed by atoms with Crippen LogP contribution in [-0.2, 0) is 4.74 Å². The number of rotatable bonds is 7. The average molecular weight is 290 g/mol. The second kappa shape index (κ2) is 9.22. The van der Waals surface area contributed by atoms with E-state index in [0.29, 0.717) is 22.7 Å². The average Bonchev–Trinajstić information content (AvgIpc) is 2.30. The minimum atomic E-state index is -0.445. The summed E-state index contributed by atoms with van der Waals surface area (Å²) in [6.07, 6.45) is 1.08. The third-order valence-corrected chi connectivity index (χ3v) is 4.11. The zero-order valence-electron chi connectivity index (χ0n) is 11.1. The molecule has 0 rings (SSSR count). The number of carbonyl (C=O) groups excluding carboxylic acids is 1. The van der Waals surface area contributed by atoms with Gasteiger partial charge in [-0.1, -0.05) is 57.4 Å². The van der Waals surface area contributed by atoms with Crippen LogP contribution in [0.1, 0.15) is 20.8 Å². The van der Waals surface area contributed by atoms with E-state index >= 15 is 0 Å². The number of hydrogen-bond donors (Lipinski definition) is 2. The molecule has 18 heavy (non-hydrogen) atoms. The molecule has 0 aromatic heterocycles. The van der Waals surface area contributed by atoms with Gasteiger partial charge in [-0.2, -0.15) is 0 Å². The molecule has 0 heterocycles. The van der Waals surface area contributed by atoms with E-state index in [1.54, 1.807) is 0 Å². The van der Waals surface area contributed by atoms with Crippen LogP contribution < -0.4 is 11.1 Å². The van der Waals surface area contributed by atoms with Crippen molar-refractivity contribution >= 4 is 34.4 Å². The Labute approximate surface area is 119 Å². The van der Waals surface area contributed by atoms with Crippen LogP contribution in [0.3, 0.4) is 0 Å². The van der Waals surface area contributed by atoms with Gasteiger partial charge in [0.25, 0.3) is 0 Å². The Morgan fingerprint density at radius 2 is 2.17 bits per heavy atom. The number of thiocarbonyl (C=S) groups is 1.